The first-order valence-corrected chi connectivity index (χ1v) is 16.7. The zero-order valence-electron chi connectivity index (χ0n) is 25.2. The van der Waals surface area contributed by atoms with Crippen LogP contribution in [0.4, 0.5) is 5.69 Å². The van der Waals surface area contributed by atoms with Crippen LogP contribution in [0.2, 0.25) is 0 Å². The molecule has 0 aromatic heterocycles. The first-order chi connectivity index (χ1) is 22.2. The normalized spacial score (nSPS) is 19.6. The number of thioether (sulfide) groups is 1. The predicted octanol–water partition coefficient (Wildman–Crippen LogP) is 8.24. The van der Waals surface area contributed by atoms with Crippen LogP contribution in [0.25, 0.3) is 28.0 Å². The fraction of sp³-hybridized carbons (Fsp3) is 0.231. The molecule has 5 nitrogen and oxygen atoms in total. The number of fused-ring (bicyclic) bond motifs is 9. The Labute approximate surface area is 267 Å². The molecule has 3 aliphatic heterocycles. The second kappa shape index (κ2) is 10.6. The number of hydrogen-bond acceptors (Lipinski definition) is 6. The zero-order valence-corrected chi connectivity index (χ0v) is 26.0. The largest absolute Gasteiger partial charge is 0.497 e. The average Bonchev–Trinajstić information content (AvgIpc) is 3.58. The number of methoxy groups -OCH3 is 1. The standard InChI is InChI=1S/C39H33NO4S/c1-41-29-13-9-27(10-14-29)39(26-7-11-28(12-8-26)40-18-20-42-21-19-40)17-16-32-31-15-6-25-4-2-3-5-30(25)37(31)33-23-36-35(43-24-45-36)22-34(33)38(32)44-39/h2-5,7-14,16-17,22-23H,6,15,18-21,24H2,1H3. The van der Waals surface area contributed by atoms with Crippen LogP contribution in [0.1, 0.15) is 27.8 Å². The van der Waals surface area contributed by atoms with Crippen molar-refractivity contribution in [2.24, 2.45) is 0 Å². The van der Waals surface area contributed by atoms with E-state index < -0.39 is 5.60 Å². The van der Waals surface area contributed by atoms with E-state index in [1.165, 1.54) is 43.8 Å². The van der Waals surface area contributed by atoms with Crippen molar-refractivity contribution >= 4 is 34.3 Å². The van der Waals surface area contributed by atoms with Gasteiger partial charge in [0.1, 0.15) is 23.2 Å². The van der Waals surface area contributed by atoms with Gasteiger partial charge in [0.15, 0.2) is 5.60 Å². The Morgan fingerprint density at radius 1 is 0.844 bits per heavy atom. The van der Waals surface area contributed by atoms with E-state index in [0.29, 0.717) is 5.94 Å². The van der Waals surface area contributed by atoms with E-state index >= 15 is 0 Å². The molecule has 4 aliphatic rings. The Morgan fingerprint density at radius 3 is 2.42 bits per heavy atom. The Morgan fingerprint density at radius 2 is 1.62 bits per heavy atom. The highest BCUT2D eigenvalue weighted by Gasteiger charge is 2.40. The summed E-state index contributed by atoms with van der Waals surface area (Å²) in [5.74, 6) is 3.31. The van der Waals surface area contributed by atoms with E-state index in [2.05, 4.69) is 89.8 Å². The summed E-state index contributed by atoms with van der Waals surface area (Å²) in [4.78, 5) is 3.58. The lowest BCUT2D eigenvalue weighted by Crippen LogP contribution is -2.37. The average molecular weight is 612 g/mol. The third-order valence-electron chi connectivity index (χ3n) is 9.77. The van der Waals surface area contributed by atoms with Gasteiger partial charge in [0, 0.05) is 40.9 Å². The molecule has 1 saturated heterocycles. The van der Waals surface area contributed by atoms with Crippen LogP contribution >= 0.6 is 11.8 Å². The molecule has 0 saturated carbocycles. The Kier molecular flexibility index (Phi) is 6.36. The summed E-state index contributed by atoms with van der Waals surface area (Å²) in [6.45, 7) is 3.32. The smallest absolute Gasteiger partial charge is 0.178 e. The number of ether oxygens (including phenoxy) is 4. The SMILES string of the molecule is COc1ccc(C2(c3ccc(N4CCOCC4)cc3)C=Cc3c4c(c5cc6c(cc5c3O2)OCS6)-c2ccccc2CC4)cc1. The van der Waals surface area contributed by atoms with Crippen LogP contribution in [0.5, 0.6) is 17.2 Å². The first kappa shape index (κ1) is 27.0. The summed E-state index contributed by atoms with van der Waals surface area (Å²) in [5, 5.41) is 2.32. The van der Waals surface area contributed by atoms with Crippen molar-refractivity contribution < 1.29 is 18.9 Å². The molecule has 0 spiro atoms. The van der Waals surface area contributed by atoms with E-state index in [9.17, 15) is 0 Å². The molecule has 0 radical (unpaired) electrons. The van der Waals surface area contributed by atoms with Crippen molar-refractivity contribution in [2.45, 2.75) is 23.3 Å². The van der Waals surface area contributed by atoms with Crippen molar-refractivity contribution in [1.29, 1.82) is 0 Å². The maximum atomic E-state index is 7.45. The van der Waals surface area contributed by atoms with E-state index in [1.807, 2.05) is 12.1 Å². The lowest BCUT2D eigenvalue weighted by atomic mass is 9.77. The molecule has 224 valence electrons. The predicted molar refractivity (Wildman–Crippen MR) is 181 cm³/mol. The van der Waals surface area contributed by atoms with Gasteiger partial charge in [-0.05, 0) is 83.0 Å². The van der Waals surface area contributed by atoms with Crippen molar-refractivity contribution in [3.05, 3.63) is 119 Å². The van der Waals surface area contributed by atoms with Crippen molar-refractivity contribution in [3.8, 4) is 28.4 Å². The van der Waals surface area contributed by atoms with Crippen LogP contribution in [-0.2, 0) is 23.2 Å². The molecule has 0 N–H and O–H groups in total. The van der Waals surface area contributed by atoms with Gasteiger partial charge in [-0.3, -0.25) is 0 Å². The number of anilines is 1. The first-order valence-electron chi connectivity index (χ1n) is 15.7. The molecule has 1 aliphatic carbocycles. The second-order valence-corrected chi connectivity index (χ2v) is 13.0. The maximum Gasteiger partial charge on any atom is 0.178 e. The lowest BCUT2D eigenvalue weighted by Gasteiger charge is -2.39. The number of benzene rings is 5. The van der Waals surface area contributed by atoms with E-state index in [-0.39, 0.29) is 0 Å². The van der Waals surface area contributed by atoms with E-state index in [1.54, 1.807) is 18.9 Å². The molecule has 1 unspecified atom stereocenters. The monoisotopic (exact) mass is 611 g/mol. The maximum absolute atomic E-state index is 7.45. The van der Waals surface area contributed by atoms with Gasteiger partial charge in [0.2, 0.25) is 0 Å². The molecule has 1 atom stereocenters. The minimum atomic E-state index is -0.828. The summed E-state index contributed by atoms with van der Waals surface area (Å²) in [5.41, 5.74) is 9.11. The third-order valence-corrected chi connectivity index (χ3v) is 10.6. The number of aryl methyl sites for hydroxylation is 1. The summed E-state index contributed by atoms with van der Waals surface area (Å²) >= 11 is 1.76. The van der Waals surface area contributed by atoms with Gasteiger partial charge in [-0.2, -0.15) is 0 Å². The van der Waals surface area contributed by atoms with Crippen LogP contribution < -0.4 is 19.1 Å². The molecule has 45 heavy (non-hydrogen) atoms. The van der Waals surface area contributed by atoms with Gasteiger partial charge in [-0.1, -0.05) is 66.4 Å². The van der Waals surface area contributed by atoms with Gasteiger partial charge >= 0.3 is 0 Å². The van der Waals surface area contributed by atoms with Gasteiger partial charge in [-0.15, -0.1) is 0 Å². The highest BCUT2D eigenvalue weighted by Crippen LogP contribution is 2.53. The van der Waals surface area contributed by atoms with Crippen LogP contribution in [0, 0.1) is 0 Å². The minimum Gasteiger partial charge on any atom is -0.497 e. The molecule has 0 amide bonds. The second-order valence-electron chi connectivity index (χ2n) is 12.1. The fourth-order valence-electron chi connectivity index (χ4n) is 7.46. The van der Waals surface area contributed by atoms with Gasteiger partial charge in [-0.25, -0.2) is 0 Å². The molecule has 5 aromatic rings. The molecule has 5 aromatic carbocycles. The van der Waals surface area contributed by atoms with Gasteiger partial charge in [0.05, 0.1) is 25.2 Å². The fourth-order valence-corrected chi connectivity index (χ4v) is 8.24. The van der Waals surface area contributed by atoms with Gasteiger partial charge < -0.3 is 23.8 Å². The summed E-state index contributed by atoms with van der Waals surface area (Å²) < 4.78 is 24.7. The lowest BCUT2D eigenvalue weighted by molar-refractivity contribution is 0.122. The topological polar surface area (TPSA) is 40.2 Å². The van der Waals surface area contributed by atoms with Crippen LogP contribution in [0.3, 0.4) is 0 Å². The third kappa shape index (κ3) is 4.27. The quantitative estimate of drug-likeness (QED) is 0.204. The van der Waals surface area contributed by atoms with Crippen molar-refractivity contribution in [1.82, 2.24) is 0 Å². The molecule has 1 fully saturated rings. The Bertz CT molecular complexity index is 1980. The molecule has 6 heteroatoms. The molecule has 3 heterocycles. The number of nitrogens with zero attached hydrogens (tertiary/aromatic N) is 1. The van der Waals surface area contributed by atoms with E-state index in [0.717, 1.165) is 72.9 Å². The summed E-state index contributed by atoms with van der Waals surface area (Å²) in [6, 6.07) is 30.6. The van der Waals surface area contributed by atoms with E-state index in [4.69, 9.17) is 18.9 Å². The number of hydrogen-bond donors (Lipinski definition) is 0. The zero-order chi connectivity index (χ0) is 30.0. The van der Waals surface area contributed by atoms with Crippen molar-refractivity contribution in [2.75, 3.05) is 44.3 Å². The summed E-state index contributed by atoms with van der Waals surface area (Å²) in [6.07, 6.45) is 6.56. The molecular formula is C39H33NO4S. The Balaban J connectivity index is 1.26. The van der Waals surface area contributed by atoms with Crippen molar-refractivity contribution in [3.63, 3.8) is 0 Å². The highest BCUT2D eigenvalue weighted by molar-refractivity contribution is 7.99. The molecular weight excluding hydrogens is 578 g/mol. The Hall–Kier alpha value is -4.39. The number of morpholine rings is 1. The minimum absolute atomic E-state index is 0.638. The molecule has 9 rings (SSSR count). The van der Waals surface area contributed by atoms with Crippen LogP contribution in [0.15, 0.2) is 95.9 Å². The van der Waals surface area contributed by atoms with Gasteiger partial charge in [0.25, 0.3) is 0 Å². The molecule has 0 bridgehead atoms. The van der Waals surface area contributed by atoms with Crippen LogP contribution in [-0.4, -0.2) is 39.4 Å². The number of rotatable bonds is 4. The summed E-state index contributed by atoms with van der Waals surface area (Å²) in [7, 11) is 1.70. The highest BCUT2D eigenvalue weighted by atomic mass is 32.2.